The molecule has 0 heterocycles. The molecule has 3 atom stereocenters. The molecular weight excluding hydrogens is 253 g/mol. The van der Waals surface area contributed by atoms with Gasteiger partial charge in [-0.05, 0) is 25.7 Å². The lowest BCUT2D eigenvalue weighted by molar-refractivity contribution is 0.192. The van der Waals surface area contributed by atoms with E-state index < -0.39 is 13.5 Å². The maximum Gasteiger partial charge on any atom is 0.209 e. The van der Waals surface area contributed by atoms with Crippen LogP contribution in [0.15, 0.2) is 12.2 Å². The standard InChI is InChI=1S/C12H24NO4P/c13-9-11(15)10-18(16,17-8-4-7-14)12-5-2-1-3-6-12/h1-2,11-12,14-15H,3-10,13H2/t11-,12?,18?/m0/s1. The van der Waals surface area contributed by atoms with E-state index in [1.165, 1.54) is 0 Å². The van der Waals surface area contributed by atoms with E-state index in [4.69, 9.17) is 15.4 Å². The Balaban J connectivity index is 2.65. The summed E-state index contributed by atoms with van der Waals surface area (Å²) in [6, 6.07) is 0. The van der Waals surface area contributed by atoms with E-state index >= 15 is 0 Å². The first-order valence-electron chi connectivity index (χ1n) is 6.49. The number of nitrogens with two attached hydrogens (primary N) is 1. The molecule has 0 aliphatic heterocycles. The summed E-state index contributed by atoms with van der Waals surface area (Å²) in [5.41, 5.74) is 5.36. The van der Waals surface area contributed by atoms with Crippen LogP contribution in [-0.4, -0.2) is 47.9 Å². The SMILES string of the molecule is NC[C@H](O)CP(=O)(OCCCO)C1CC=CCC1. The summed E-state index contributed by atoms with van der Waals surface area (Å²) >= 11 is 0. The highest BCUT2D eigenvalue weighted by Crippen LogP contribution is 2.56. The Kier molecular flexibility index (Phi) is 7.12. The van der Waals surface area contributed by atoms with Gasteiger partial charge in [-0.1, -0.05) is 12.2 Å². The summed E-state index contributed by atoms with van der Waals surface area (Å²) in [7, 11) is -2.89. The van der Waals surface area contributed by atoms with Gasteiger partial charge < -0.3 is 20.5 Å². The van der Waals surface area contributed by atoms with E-state index in [1.54, 1.807) is 0 Å². The Labute approximate surface area is 108 Å². The van der Waals surface area contributed by atoms with Crippen molar-refractivity contribution in [2.24, 2.45) is 5.73 Å². The summed E-state index contributed by atoms with van der Waals surface area (Å²) < 4.78 is 18.4. The number of hydrogen-bond donors (Lipinski definition) is 3. The Morgan fingerprint density at radius 2 is 2.28 bits per heavy atom. The summed E-state index contributed by atoms with van der Waals surface area (Å²) in [5.74, 6) is 0. The summed E-state index contributed by atoms with van der Waals surface area (Å²) in [5, 5.41) is 18.4. The predicted molar refractivity (Wildman–Crippen MR) is 72.0 cm³/mol. The zero-order valence-corrected chi connectivity index (χ0v) is 11.6. The third kappa shape index (κ3) is 4.82. The van der Waals surface area contributed by atoms with Crippen molar-refractivity contribution in [3.63, 3.8) is 0 Å². The van der Waals surface area contributed by atoms with Crippen molar-refractivity contribution in [3.8, 4) is 0 Å². The van der Waals surface area contributed by atoms with Crippen molar-refractivity contribution in [2.75, 3.05) is 25.9 Å². The van der Waals surface area contributed by atoms with Crippen LogP contribution in [0.1, 0.15) is 25.7 Å². The fourth-order valence-electron chi connectivity index (χ4n) is 2.09. The van der Waals surface area contributed by atoms with E-state index in [9.17, 15) is 9.67 Å². The van der Waals surface area contributed by atoms with Gasteiger partial charge in [-0.3, -0.25) is 4.57 Å². The Bertz CT molecular complexity index is 308. The van der Waals surface area contributed by atoms with Crippen molar-refractivity contribution < 1.29 is 19.3 Å². The molecule has 18 heavy (non-hydrogen) atoms. The van der Waals surface area contributed by atoms with Crippen LogP contribution >= 0.6 is 7.37 Å². The molecule has 106 valence electrons. The molecule has 5 nitrogen and oxygen atoms in total. The van der Waals surface area contributed by atoms with Gasteiger partial charge >= 0.3 is 0 Å². The van der Waals surface area contributed by atoms with E-state index in [2.05, 4.69) is 6.08 Å². The first kappa shape index (κ1) is 15.9. The molecule has 0 bridgehead atoms. The summed E-state index contributed by atoms with van der Waals surface area (Å²) in [6.07, 6.45) is 6.35. The number of rotatable bonds is 8. The lowest BCUT2D eigenvalue weighted by atomic mass is 10.1. The van der Waals surface area contributed by atoms with Crippen molar-refractivity contribution in [2.45, 2.75) is 37.4 Å². The maximum atomic E-state index is 12.9. The second-order valence-electron chi connectivity index (χ2n) is 4.65. The minimum atomic E-state index is -2.89. The lowest BCUT2D eigenvalue weighted by Crippen LogP contribution is -2.27. The highest BCUT2D eigenvalue weighted by molar-refractivity contribution is 7.59. The minimum absolute atomic E-state index is 0.0179. The summed E-state index contributed by atoms with van der Waals surface area (Å²) in [6.45, 7) is 0.380. The fourth-order valence-corrected chi connectivity index (χ4v) is 4.87. The fraction of sp³-hybridized carbons (Fsp3) is 0.833. The maximum absolute atomic E-state index is 12.9. The number of hydrogen-bond acceptors (Lipinski definition) is 5. The molecule has 0 aromatic heterocycles. The van der Waals surface area contributed by atoms with Gasteiger partial charge in [-0.2, -0.15) is 0 Å². The molecule has 0 saturated heterocycles. The third-order valence-corrected chi connectivity index (χ3v) is 6.28. The molecule has 0 amide bonds. The molecule has 0 saturated carbocycles. The third-order valence-electron chi connectivity index (χ3n) is 3.15. The summed E-state index contributed by atoms with van der Waals surface area (Å²) in [4.78, 5) is 0. The van der Waals surface area contributed by atoms with Crippen LogP contribution in [0.3, 0.4) is 0 Å². The topological polar surface area (TPSA) is 92.8 Å². The highest BCUT2D eigenvalue weighted by atomic mass is 31.2. The number of aliphatic hydroxyl groups excluding tert-OH is 2. The number of allylic oxidation sites excluding steroid dienone is 2. The molecule has 0 radical (unpaired) electrons. The molecule has 1 aliphatic rings. The molecule has 1 rings (SSSR count). The number of aliphatic hydroxyl groups is 2. The first-order valence-corrected chi connectivity index (χ1v) is 8.37. The normalized spacial score (nSPS) is 24.7. The van der Waals surface area contributed by atoms with Gasteiger partial charge in [0.2, 0.25) is 7.37 Å². The lowest BCUT2D eigenvalue weighted by Gasteiger charge is -2.29. The van der Waals surface area contributed by atoms with Crippen molar-refractivity contribution in [1.82, 2.24) is 0 Å². The smallest absolute Gasteiger partial charge is 0.209 e. The van der Waals surface area contributed by atoms with Crippen molar-refractivity contribution in [1.29, 1.82) is 0 Å². The van der Waals surface area contributed by atoms with E-state index in [0.717, 1.165) is 19.3 Å². The van der Waals surface area contributed by atoms with Crippen molar-refractivity contribution >= 4 is 7.37 Å². The second-order valence-corrected chi connectivity index (χ2v) is 7.45. The van der Waals surface area contributed by atoms with Crippen LogP contribution in [0.5, 0.6) is 0 Å². The molecule has 0 aromatic carbocycles. The quantitative estimate of drug-likeness (QED) is 0.351. The molecule has 2 unspecified atom stereocenters. The van der Waals surface area contributed by atoms with Crippen LogP contribution in [-0.2, 0) is 9.09 Å². The van der Waals surface area contributed by atoms with E-state index in [0.29, 0.717) is 6.42 Å². The molecular formula is C12H24NO4P. The first-order chi connectivity index (χ1) is 8.62. The molecule has 6 heteroatoms. The van der Waals surface area contributed by atoms with Gasteiger partial charge in [0, 0.05) is 18.8 Å². The Morgan fingerprint density at radius 1 is 1.50 bits per heavy atom. The predicted octanol–water partition coefficient (Wildman–Crippen LogP) is 1.09. The highest BCUT2D eigenvalue weighted by Gasteiger charge is 2.35. The van der Waals surface area contributed by atoms with Gasteiger partial charge in [0.15, 0.2) is 0 Å². The van der Waals surface area contributed by atoms with Gasteiger partial charge in [0.25, 0.3) is 0 Å². The van der Waals surface area contributed by atoms with Gasteiger partial charge in [-0.25, -0.2) is 0 Å². The van der Waals surface area contributed by atoms with E-state index in [1.807, 2.05) is 6.08 Å². The van der Waals surface area contributed by atoms with Crippen LogP contribution in [0.25, 0.3) is 0 Å². The van der Waals surface area contributed by atoms with Gasteiger partial charge in [0.05, 0.1) is 18.9 Å². The van der Waals surface area contributed by atoms with Crippen LogP contribution in [0.4, 0.5) is 0 Å². The average Bonchev–Trinajstić information content (AvgIpc) is 2.40. The zero-order valence-electron chi connectivity index (χ0n) is 10.7. The molecule has 0 spiro atoms. The van der Waals surface area contributed by atoms with Gasteiger partial charge in [0.1, 0.15) is 0 Å². The van der Waals surface area contributed by atoms with Crippen LogP contribution < -0.4 is 5.73 Å². The molecule has 4 N–H and O–H groups in total. The Hall–Kier alpha value is -0.190. The second kappa shape index (κ2) is 8.08. The largest absolute Gasteiger partial charge is 0.396 e. The molecule has 1 aliphatic carbocycles. The molecule has 0 fully saturated rings. The zero-order chi connectivity index (χ0) is 13.4. The Morgan fingerprint density at radius 3 is 2.83 bits per heavy atom. The van der Waals surface area contributed by atoms with Gasteiger partial charge in [-0.15, -0.1) is 0 Å². The van der Waals surface area contributed by atoms with Crippen molar-refractivity contribution in [3.05, 3.63) is 12.2 Å². The monoisotopic (exact) mass is 277 g/mol. The van der Waals surface area contributed by atoms with Crippen LogP contribution in [0, 0.1) is 0 Å². The van der Waals surface area contributed by atoms with E-state index in [-0.39, 0.29) is 31.6 Å². The average molecular weight is 277 g/mol. The minimum Gasteiger partial charge on any atom is -0.396 e. The van der Waals surface area contributed by atoms with Crippen LogP contribution in [0.2, 0.25) is 0 Å². The molecule has 0 aromatic rings.